The number of thioether (sulfide) groups is 1. The smallest absolute Gasteiger partial charge is 0.310 e. The van der Waals surface area contributed by atoms with Crippen molar-refractivity contribution in [3.63, 3.8) is 0 Å². The average molecular weight is 577 g/mol. The third kappa shape index (κ3) is 5.10. The van der Waals surface area contributed by atoms with Crippen molar-refractivity contribution in [3.8, 4) is 0 Å². The zero-order chi connectivity index (χ0) is 29.1. The lowest BCUT2D eigenvalue weighted by Gasteiger charge is -2.40. The number of likely N-dealkylation sites (tertiary alicyclic amines) is 1. The highest BCUT2D eigenvalue weighted by Gasteiger charge is 2.76. The van der Waals surface area contributed by atoms with E-state index in [-0.39, 0.29) is 35.6 Å². The summed E-state index contributed by atoms with van der Waals surface area (Å²) in [5, 5.41) is 11.5. The van der Waals surface area contributed by atoms with Gasteiger partial charge in [-0.05, 0) is 60.9 Å². The Hall–Kier alpha value is -3.10. The Kier molecular flexibility index (Phi) is 8.90. The summed E-state index contributed by atoms with van der Waals surface area (Å²) in [6.07, 6.45) is 6.81. The fourth-order valence-electron chi connectivity index (χ4n) is 7.14. The van der Waals surface area contributed by atoms with Crippen molar-refractivity contribution in [2.45, 2.75) is 55.1 Å². The number of unbranched alkanes of at least 4 members (excludes halogenated alkanes) is 2. The van der Waals surface area contributed by atoms with Gasteiger partial charge < -0.3 is 19.6 Å². The number of amides is 2. The first-order valence-corrected chi connectivity index (χ1v) is 15.5. The molecule has 41 heavy (non-hydrogen) atoms. The molecule has 8 heteroatoms. The van der Waals surface area contributed by atoms with Crippen LogP contribution in [0.15, 0.2) is 67.8 Å². The SMILES string of the molecule is C=CCCCOC(=O)[C@@H]1[C@H]2C(=O)N(CCCCO)C(C(=O)N(CC=C)c3ccc4ccccc4c3)C23S[C@@H]1CC3C. The summed E-state index contributed by atoms with van der Waals surface area (Å²) >= 11 is 1.65. The largest absolute Gasteiger partial charge is 0.465 e. The number of allylic oxidation sites excluding steroid dienone is 1. The van der Waals surface area contributed by atoms with Gasteiger partial charge in [0.2, 0.25) is 5.91 Å². The summed E-state index contributed by atoms with van der Waals surface area (Å²) in [6.45, 7) is 10.7. The van der Waals surface area contributed by atoms with Gasteiger partial charge in [-0.1, -0.05) is 49.4 Å². The van der Waals surface area contributed by atoms with Gasteiger partial charge in [0.15, 0.2) is 0 Å². The summed E-state index contributed by atoms with van der Waals surface area (Å²) in [5.74, 6) is -1.75. The first-order chi connectivity index (χ1) is 19.9. The Morgan fingerprint density at radius 2 is 1.93 bits per heavy atom. The zero-order valence-electron chi connectivity index (χ0n) is 23.7. The molecule has 1 spiro atoms. The van der Waals surface area contributed by atoms with Crippen molar-refractivity contribution in [3.05, 3.63) is 67.8 Å². The second-order valence-electron chi connectivity index (χ2n) is 11.4. The molecule has 0 radical (unpaired) electrons. The van der Waals surface area contributed by atoms with Crippen molar-refractivity contribution in [1.82, 2.24) is 4.90 Å². The summed E-state index contributed by atoms with van der Waals surface area (Å²) in [6, 6.07) is 13.2. The number of rotatable bonds is 13. The van der Waals surface area contributed by atoms with Crippen LogP contribution in [0.2, 0.25) is 0 Å². The molecule has 3 aliphatic rings. The van der Waals surface area contributed by atoms with E-state index >= 15 is 0 Å². The average Bonchev–Trinajstić information content (AvgIpc) is 3.57. The number of esters is 1. The monoisotopic (exact) mass is 576 g/mol. The number of ether oxygens (including phenoxy) is 1. The van der Waals surface area contributed by atoms with E-state index in [0.717, 1.165) is 29.3 Å². The van der Waals surface area contributed by atoms with Crippen LogP contribution in [0.25, 0.3) is 10.8 Å². The number of benzene rings is 2. The van der Waals surface area contributed by atoms with E-state index < -0.39 is 22.6 Å². The van der Waals surface area contributed by atoms with Crippen molar-refractivity contribution >= 4 is 46.0 Å². The summed E-state index contributed by atoms with van der Waals surface area (Å²) in [4.78, 5) is 45.9. The zero-order valence-corrected chi connectivity index (χ0v) is 24.6. The van der Waals surface area contributed by atoms with Crippen molar-refractivity contribution in [2.24, 2.45) is 17.8 Å². The molecule has 5 rings (SSSR count). The van der Waals surface area contributed by atoms with Gasteiger partial charge in [-0.2, -0.15) is 0 Å². The molecule has 3 saturated heterocycles. The molecule has 0 aliphatic carbocycles. The van der Waals surface area contributed by atoms with Crippen LogP contribution >= 0.6 is 11.8 Å². The van der Waals surface area contributed by atoms with Crippen LogP contribution in [0, 0.1) is 17.8 Å². The molecule has 0 aromatic heterocycles. The van der Waals surface area contributed by atoms with Gasteiger partial charge in [0, 0.05) is 30.6 Å². The minimum atomic E-state index is -0.728. The van der Waals surface area contributed by atoms with Gasteiger partial charge in [0.05, 0.1) is 23.2 Å². The molecule has 7 nitrogen and oxygen atoms in total. The van der Waals surface area contributed by atoms with Crippen molar-refractivity contribution < 1.29 is 24.2 Å². The van der Waals surface area contributed by atoms with Crippen LogP contribution in [-0.4, -0.2) is 70.1 Å². The first-order valence-electron chi connectivity index (χ1n) is 14.7. The molecule has 3 fully saturated rings. The normalized spacial score (nSPS) is 28.1. The molecule has 218 valence electrons. The van der Waals surface area contributed by atoms with E-state index in [4.69, 9.17) is 4.74 Å². The fraction of sp³-hybridized carbons (Fsp3) is 0.485. The molecule has 1 N–H and O–H groups in total. The molecule has 2 amide bonds. The Bertz CT molecular complexity index is 1330. The van der Waals surface area contributed by atoms with Gasteiger partial charge in [0.1, 0.15) is 6.04 Å². The van der Waals surface area contributed by atoms with Gasteiger partial charge in [-0.3, -0.25) is 14.4 Å². The van der Waals surface area contributed by atoms with E-state index in [9.17, 15) is 19.5 Å². The third-order valence-electron chi connectivity index (χ3n) is 8.98. The number of carbonyl (C=O) groups is 3. The number of nitrogens with zero attached hydrogens (tertiary/aromatic N) is 2. The molecule has 3 heterocycles. The minimum absolute atomic E-state index is 0.0157. The Morgan fingerprint density at radius 3 is 2.66 bits per heavy atom. The number of fused-ring (bicyclic) bond motifs is 2. The lowest BCUT2D eigenvalue weighted by atomic mass is 9.66. The molecule has 2 aromatic carbocycles. The Morgan fingerprint density at radius 1 is 1.15 bits per heavy atom. The lowest BCUT2D eigenvalue weighted by molar-refractivity contribution is -0.154. The molecule has 3 unspecified atom stereocenters. The summed E-state index contributed by atoms with van der Waals surface area (Å²) in [7, 11) is 0. The molecular weight excluding hydrogens is 536 g/mol. The summed E-state index contributed by atoms with van der Waals surface area (Å²) < 4.78 is 4.96. The minimum Gasteiger partial charge on any atom is -0.465 e. The number of aliphatic hydroxyl groups is 1. The van der Waals surface area contributed by atoms with Gasteiger partial charge in [-0.15, -0.1) is 24.9 Å². The summed E-state index contributed by atoms with van der Waals surface area (Å²) in [5.41, 5.74) is 0.750. The molecule has 2 bridgehead atoms. The standard InChI is InChI=1S/C33H40N2O5S/c1-4-6-11-19-40-32(39)27-26-20-22(3)33(41-26)28(27)30(37)35(17-9-10-18-36)29(33)31(38)34(16-5-2)25-15-14-23-12-7-8-13-24(23)21-25/h4-5,7-8,12-15,21-22,26-29,36H,1-2,6,9-11,16-20H2,3H3/t22?,26-,27+,28+,29?,33?/m1/s1. The predicted octanol–water partition coefficient (Wildman–Crippen LogP) is 4.98. The van der Waals surface area contributed by atoms with Crippen LogP contribution in [0.3, 0.4) is 0 Å². The Labute approximate surface area is 246 Å². The highest BCUT2D eigenvalue weighted by atomic mass is 32.2. The topological polar surface area (TPSA) is 87.1 Å². The number of hydrogen-bond acceptors (Lipinski definition) is 6. The molecule has 2 aromatic rings. The van der Waals surface area contributed by atoms with Crippen LogP contribution in [0.5, 0.6) is 0 Å². The molecule has 0 saturated carbocycles. The number of carbonyl (C=O) groups excluding carboxylic acids is 3. The van der Waals surface area contributed by atoms with E-state index in [1.165, 1.54) is 0 Å². The molecule has 6 atom stereocenters. The molecule has 3 aliphatic heterocycles. The van der Waals surface area contributed by atoms with E-state index in [2.05, 4.69) is 20.1 Å². The van der Waals surface area contributed by atoms with Crippen LogP contribution in [-0.2, 0) is 19.1 Å². The van der Waals surface area contributed by atoms with Crippen molar-refractivity contribution in [2.75, 3.05) is 31.2 Å². The fourth-order valence-corrected chi connectivity index (χ4v) is 9.55. The van der Waals surface area contributed by atoms with Gasteiger partial charge in [0.25, 0.3) is 5.91 Å². The number of hydrogen-bond donors (Lipinski definition) is 1. The van der Waals surface area contributed by atoms with Gasteiger partial charge >= 0.3 is 5.97 Å². The Balaban J connectivity index is 1.52. The number of anilines is 1. The van der Waals surface area contributed by atoms with Crippen LogP contribution < -0.4 is 4.90 Å². The maximum absolute atomic E-state index is 14.7. The maximum Gasteiger partial charge on any atom is 0.310 e. The maximum atomic E-state index is 14.7. The highest BCUT2D eigenvalue weighted by Crippen LogP contribution is 2.68. The first kappa shape index (κ1) is 29.4. The highest BCUT2D eigenvalue weighted by molar-refractivity contribution is 8.02. The van der Waals surface area contributed by atoms with Crippen LogP contribution in [0.4, 0.5) is 5.69 Å². The third-order valence-corrected chi connectivity index (χ3v) is 11.1. The van der Waals surface area contributed by atoms with E-state index in [0.29, 0.717) is 39.0 Å². The van der Waals surface area contributed by atoms with Crippen molar-refractivity contribution in [1.29, 1.82) is 0 Å². The van der Waals surface area contributed by atoms with Gasteiger partial charge in [-0.25, -0.2) is 0 Å². The predicted molar refractivity (Wildman–Crippen MR) is 164 cm³/mol. The molecular formula is C33H40N2O5S. The second-order valence-corrected chi connectivity index (χ2v) is 12.9. The van der Waals surface area contributed by atoms with Crippen LogP contribution in [0.1, 0.15) is 39.0 Å². The lowest BCUT2D eigenvalue weighted by Crippen LogP contribution is -2.57. The van der Waals surface area contributed by atoms with E-state index in [1.807, 2.05) is 42.5 Å². The number of aliphatic hydroxyl groups excluding tert-OH is 1. The quantitative estimate of drug-likeness (QED) is 0.206. The second kappa shape index (κ2) is 12.4. The van der Waals surface area contributed by atoms with E-state index in [1.54, 1.807) is 33.7 Å².